The monoisotopic (exact) mass is 341 g/mol. The summed E-state index contributed by atoms with van der Waals surface area (Å²) >= 11 is 3.40. The minimum Gasteiger partial charge on any atom is -0.497 e. The van der Waals surface area contributed by atoms with Gasteiger partial charge in [0.25, 0.3) is 0 Å². The van der Waals surface area contributed by atoms with Gasteiger partial charge in [-0.2, -0.15) is 5.26 Å². The van der Waals surface area contributed by atoms with E-state index in [0.29, 0.717) is 11.3 Å². The molecule has 0 spiro atoms. The second-order valence-electron chi connectivity index (χ2n) is 4.25. The van der Waals surface area contributed by atoms with Crippen LogP contribution in [-0.2, 0) is 0 Å². The lowest BCUT2D eigenvalue weighted by molar-refractivity contribution is 0.103. The summed E-state index contributed by atoms with van der Waals surface area (Å²) in [5, 5.41) is 9.25. The lowest BCUT2D eigenvalue weighted by atomic mass is 10.0. The molecule has 0 radical (unpaired) electrons. The van der Waals surface area contributed by atoms with Crippen LogP contribution in [-0.4, -0.2) is 12.9 Å². The lowest BCUT2D eigenvalue weighted by Gasteiger charge is -2.04. The van der Waals surface area contributed by atoms with Crippen molar-refractivity contribution in [2.45, 2.75) is 0 Å². The number of ether oxygens (including phenoxy) is 1. The molecule has 0 heterocycles. The molecule has 2 aromatic carbocycles. The zero-order valence-electron chi connectivity index (χ0n) is 11.3. The Balaban J connectivity index is 2.40. The van der Waals surface area contributed by atoms with E-state index in [2.05, 4.69) is 15.9 Å². The first-order valence-corrected chi connectivity index (χ1v) is 7.00. The predicted octanol–water partition coefficient (Wildman–Crippen LogP) is 4.25. The van der Waals surface area contributed by atoms with Crippen LogP contribution in [0.2, 0.25) is 0 Å². The first-order chi connectivity index (χ1) is 10.2. The number of Topliss-reactive ketones (excluding diaryl/α,β-unsaturated/α-hetero) is 1. The highest BCUT2D eigenvalue weighted by atomic mass is 79.9. The maximum absolute atomic E-state index is 12.4. The number of ketones is 1. The first-order valence-electron chi connectivity index (χ1n) is 6.21. The smallest absolute Gasteiger partial charge is 0.203 e. The minimum absolute atomic E-state index is 0.0788. The summed E-state index contributed by atoms with van der Waals surface area (Å²) in [7, 11) is 1.53. The van der Waals surface area contributed by atoms with Gasteiger partial charge in [-0.1, -0.05) is 46.3 Å². The van der Waals surface area contributed by atoms with E-state index in [1.54, 1.807) is 30.3 Å². The molecule has 0 fully saturated rings. The Morgan fingerprint density at radius 2 is 2.00 bits per heavy atom. The van der Waals surface area contributed by atoms with Crippen molar-refractivity contribution in [3.05, 3.63) is 69.7 Å². The van der Waals surface area contributed by atoms with E-state index >= 15 is 0 Å². The highest BCUT2D eigenvalue weighted by molar-refractivity contribution is 9.10. The molecule has 0 aliphatic rings. The van der Waals surface area contributed by atoms with Crippen molar-refractivity contribution in [3.63, 3.8) is 0 Å². The average Bonchev–Trinajstić information content (AvgIpc) is 2.53. The van der Waals surface area contributed by atoms with Crippen LogP contribution < -0.4 is 4.74 Å². The number of benzene rings is 2. The maximum Gasteiger partial charge on any atom is 0.203 e. The summed E-state index contributed by atoms with van der Waals surface area (Å²) in [6, 6.07) is 16.1. The van der Waals surface area contributed by atoms with E-state index in [-0.39, 0.29) is 11.4 Å². The molecule has 0 saturated carbocycles. The SMILES string of the molecule is COc1cccc(C(=O)/C(C#N)=C/c2ccccc2Br)c1. The average molecular weight is 342 g/mol. The molecule has 3 nitrogen and oxygen atoms in total. The zero-order valence-corrected chi connectivity index (χ0v) is 12.9. The van der Waals surface area contributed by atoms with Crippen LogP contribution in [0, 0.1) is 11.3 Å². The first kappa shape index (κ1) is 15.0. The summed E-state index contributed by atoms with van der Waals surface area (Å²) in [5.74, 6) is 0.256. The molecule has 0 N–H and O–H groups in total. The number of hydrogen-bond donors (Lipinski definition) is 0. The minimum atomic E-state index is -0.327. The molecule has 104 valence electrons. The van der Waals surface area contributed by atoms with Crippen LogP contribution in [0.25, 0.3) is 6.08 Å². The molecule has 0 aliphatic heterocycles. The lowest BCUT2D eigenvalue weighted by Crippen LogP contribution is -2.02. The highest BCUT2D eigenvalue weighted by Crippen LogP contribution is 2.21. The number of nitriles is 1. The molecule has 0 saturated heterocycles. The molecule has 4 heteroatoms. The van der Waals surface area contributed by atoms with Crippen molar-refractivity contribution in [2.24, 2.45) is 0 Å². The Hall–Kier alpha value is -2.38. The summed E-state index contributed by atoms with van der Waals surface area (Å²) in [6.07, 6.45) is 1.58. The number of halogens is 1. The number of carbonyl (C=O) groups excluding carboxylic acids is 1. The van der Waals surface area contributed by atoms with Gasteiger partial charge in [-0.25, -0.2) is 0 Å². The van der Waals surface area contributed by atoms with Crippen molar-refractivity contribution in [1.29, 1.82) is 5.26 Å². The van der Waals surface area contributed by atoms with E-state index in [0.717, 1.165) is 10.0 Å². The maximum atomic E-state index is 12.4. The topological polar surface area (TPSA) is 50.1 Å². The van der Waals surface area contributed by atoms with Gasteiger partial charge in [0.15, 0.2) is 0 Å². The standard InChI is InChI=1S/C17H12BrNO2/c1-21-15-7-4-6-13(10-15)17(20)14(11-19)9-12-5-2-3-8-16(12)18/h2-10H,1H3/b14-9+. The van der Waals surface area contributed by atoms with E-state index < -0.39 is 0 Å². The fourth-order valence-corrected chi connectivity index (χ4v) is 2.22. The largest absolute Gasteiger partial charge is 0.497 e. The molecule has 0 aliphatic carbocycles. The van der Waals surface area contributed by atoms with Crippen LogP contribution >= 0.6 is 15.9 Å². The van der Waals surface area contributed by atoms with Gasteiger partial charge >= 0.3 is 0 Å². The third kappa shape index (κ3) is 3.59. The van der Waals surface area contributed by atoms with Gasteiger partial charge in [0.05, 0.1) is 7.11 Å². The molecule has 0 bridgehead atoms. The second kappa shape index (κ2) is 6.87. The quantitative estimate of drug-likeness (QED) is 0.474. The molecule has 0 atom stereocenters. The predicted molar refractivity (Wildman–Crippen MR) is 85.1 cm³/mol. The Kier molecular flexibility index (Phi) is 4.91. The summed E-state index contributed by atoms with van der Waals surface area (Å²) in [6.45, 7) is 0. The van der Waals surface area contributed by atoms with Crippen LogP contribution in [0.1, 0.15) is 15.9 Å². The van der Waals surface area contributed by atoms with E-state index in [4.69, 9.17) is 4.74 Å². The molecule has 21 heavy (non-hydrogen) atoms. The number of methoxy groups -OCH3 is 1. The Labute approximate surface area is 131 Å². The third-order valence-electron chi connectivity index (χ3n) is 2.90. The summed E-state index contributed by atoms with van der Waals surface area (Å²) in [5.41, 5.74) is 1.29. The second-order valence-corrected chi connectivity index (χ2v) is 5.11. The van der Waals surface area contributed by atoms with Crippen LogP contribution in [0.5, 0.6) is 5.75 Å². The molecule has 0 aromatic heterocycles. The Morgan fingerprint density at radius 1 is 1.24 bits per heavy atom. The van der Waals surface area contributed by atoms with E-state index in [1.165, 1.54) is 7.11 Å². The van der Waals surface area contributed by atoms with Crippen LogP contribution in [0.3, 0.4) is 0 Å². The molecule has 2 rings (SSSR count). The van der Waals surface area contributed by atoms with Gasteiger partial charge in [0.1, 0.15) is 17.4 Å². The number of rotatable bonds is 4. The van der Waals surface area contributed by atoms with Gasteiger partial charge in [-0.05, 0) is 29.8 Å². The third-order valence-corrected chi connectivity index (χ3v) is 3.62. The van der Waals surface area contributed by atoms with Gasteiger partial charge in [-0.3, -0.25) is 4.79 Å². The van der Waals surface area contributed by atoms with Gasteiger partial charge < -0.3 is 4.74 Å². The number of carbonyl (C=O) groups is 1. The molecule has 0 amide bonds. The molecule has 0 unspecified atom stereocenters. The van der Waals surface area contributed by atoms with Crippen molar-refractivity contribution in [2.75, 3.05) is 7.11 Å². The summed E-state index contributed by atoms with van der Waals surface area (Å²) < 4.78 is 5.92. The molecule has 2 aromatic rings. The van der Waals surface area contributed by atoms with Crippen molar-refractivity contribution in [3.8, 4) is 11.8 Å². The summed E-state index contributed by atoms with van der Waals surface area (Å²) in [4.78, 5) is 12.4. The van der Waals surface area contributed by atoms with Gasteiger partial charge in [-0.15, -0.1) is 0 Å². The zero-order chi connectivity index (χ0) is 15.2. The fraction of sp³-hybridized carbons (Fsp3) is 0.0588. The normalized spacial score (nSPS) is 10.8. The number of hydrogen-bond acceptors (Lipinski definition) is 3. The van der Waals surface area contributed by atoms with Crippen molar-refractivity contribution >= 4 is 27.8 Å². The van der Waals surface area contributed by atoms with E-state index in [1.807, 2.05) is 30.3 Å². The number of nitrogens with zero attached hydrogens (tertiary/aromatic N) is 1. The van der Waals surface area contributed by atoms with Crippen molar-refractivity contribution in [1.82, 2.24) is 0 Å². The van der Waals surface area contributed by atoms with Crippen molar-refractivity contribution < 1.29 is 9.53 Å². The molecular weight excluding hydrogens is 330 g/mol. The van der Waals surface area contributed by atoms with Gasteiger partial charge in [0, 0.05) is 10.0 Å². The Morgan fingerprint density at radius 3 is 2.67 bits per heavy atom. The fourth-order valence-electron chi connectivity index (χ4n) is 1.82. The highest BCUT2D eigenvalue weighted by Gasteiger charge is 2.13. The number of allylic oxidation sites excluding steroid dienone is 1. The van der Waals surface area contributed by atoms with E-state index in [9.17, 15) is 10.1 Å². The van der Waals surface area contributed by atoms with Crippen LogP contribution in [0.4, 0.5) is 0 Å². The molecular formula is C17H12BrNO2. The Bertz CT molecular complexity index is 744. The van der Waals surface area contributed by atoms with Crippen LogP contribution in [0.15, 0.2) is 58.6 Å². The van der Waals surface area contributed by atoms with Gasteiger partial charge in [0.2, 0.25) is 5.78 Å².